The van der Waals surface area contributed by atoms with Crippen LogP contribution >= 0.6 is 0 Å². The minimum atomic E-state index is -0.0850. The number of aliphatic hydroxyl groups is 1. The molecule has 5 heteroatoms. The van der Waals surface area contributed by atoms with Gasteiger partial charge in [0.1, 0.15) is 0 Å². The number of amides is 2. The van der Waals surface area contributed by atoms with Crippen LogP contribution in [0.25, 0.3) is 0 Å². The van der Waals surface area contributed by atoms with Crippen LogP contribution in [0.4, 0.5) is 10.5 Å². The molecule has 20 heavy (non-hydrogen) atoms. The van der Waals surface area contributed by atoms with E-state index in [0.29, 0.717) is 6.54 Å². The maximum atomic E-state index is 12.1. The molecule has 2 N–H and O–H groups in total. The summed E-state index contributed by atoms with van der Waals surface area (Å²) < 4.78 is 0. The number of urea groups is 1. The maximum absolute atomic E-state index is 12.1. The average molecular weight is 277 g/mol. The molecule has 110 valence electrons. The van der Waals surface area contributed by atoms with E-state index in [1.54, 1.807) is 4.90 Å². The summed E-state index contributed by atoms with van der Waals surface area (Å²) in [7, 11) is 4.00. The van der Waals surface area contributed by atoms with Crippen LogP contribution in [0.5, 0.6) is 0 Å². The van der Waals surface area contributed by atoms with E-state index in [1.165, 1.54) is 0 Å². The highest BCUT2D eigenvalue weighted by molar-refractivity contribution is 5.74. The number of hydrogen-bond donors (Lipinski definition) is 2. The Bertz CT molecular complexity index is 445. The van der Waals surface area contributed by atoms with E-state index in [1.807, 2.05) is 43.3 Å². The first-order chi connectivity index (χ1) is 9.61. The Morgan fingerprint density at radius 2 is 2.10 bits per heavy atom. The summed E-state index contributed by atoms with van der Waals surface area (Å²) in [6.07, 6.45) is 1.86. The molecule has 1 heterocycles. The quantitative estimate of drug-likeness (QED) is 0.875. The van der Waals surface area contributed by atoms with Crippen molar-refractivity contribution in [2.45, 2.75) is 25.4 Å². The zero-order chi connectivity index (χ0) is 14.5. The number of benzene rings is 1. The van der Waals surface area contributed by atoms with Gasteiger partial charge in [0, 0.05) is 32.9 Å². The Kier molecular flexibility index (Phi) is 4.84. The van der Waals surface area contributed by atoms with Crippen LogP contribution < -0.4 is 10.2 Å². The van der Waals surface area contributed by atoms with Crippen molar-refractivity contribution in [3.8, 4) is 0 Å². The fourth-order valence-corrected chi connectivity index (χ4v) is 2.48. The van der Waals surface area contributed by atoms with Gasteiger partial charge in [-0.05, 0) is 30.5 Å². The van der Waals surface area contributed by atoms with Crippen LogP contribution in [0.15, 0.2) is 24.3 Å². The number of nitrogens with zero attached hydrogens (tertiary/aromatic N) is 2. The van der Waals surface area contributed by atoms with Gasteiger partial charge in [-0.1, -0.05) is 12.1 Å². The lowest BCUT2D eigenvalue weighted by Gasteiger charge is -2.23. The van der Waals surface area contributed by atoms with Gasteiger partial charge in [-0.25, -0.2) is 4.79 Å². The molecule has 0 saturated carbocycles. The third-order valence-corrected chi connectivity index (χ3v) is 3.75. The number of carbonyl (C=O) groups excluding carboxylic acids is 1. The van der Waals surface area contributed by atoms with Crippen LogP contribution in [-0.2, 0) is 6.54 Å². The molecule has 0 aromatic heterocycles. The lowest BCUT2D eigenvalue weighted by Crippen LogP contribution is -2.43. The third-order valence-electron chi connectivity index (χ3n) is 3.75. The van der Waals surface area contributed by atoms with Crippen LogP contribution in [-0.4, -0.2) is 49.3 Å². The molecule has 1 aliphatic heterocycles. The van der Waals surface area contributed by atoms with Crippen LogP contribution in [0, 0.1) is 0 Å². The molecule has 1 aliphatic rings. The molecular formula is C15H23N3O2. The Labute approximate surface area is 120 Å². The first-order valence-corrected chi connectivity index (χ1v) is 7.03. The Morgan fingerprint density at radius 3 is 2.70 bits per heavy atom. The second-order valence-electron chi connectivity index (χ2n) is 5.39. The van der Waals surface area contributed by atoms with Crippen molar-refractivity contribution in [2.75, 3.05) is 32.1 Å². The topological polar surface area (TPSA) is 55.8 Å². The third kappa shape index (κ3) is 3.42. The Morgan fingerprint density at radius 1 is 1.40 bits per heavy atom. The van der Waals surface area contributed by atoms with Gasteiger partial charge in [0.2, 0.25) is 0 Å². The summed E-state index contributed by atoms with van der Waals surface area (Å²) in [6, 6.07) is 8.00. The minimum absolute atomic E-state index is 0.0221. The summed E-state index contributed by atoms with van der Waals surface area (Å²) in [4.78, 5) is 15.8. The number of anilines is 1. The van der Waals surface area contributed by atoms with Gasteiger partial charge in [-0.2, -0.15) is 0 Å². The second-order valence-corrected chi connectivity index (χ2v) is 5.39. The van der Waals surface area contributed by atoms with Crippen LogP contribution in [0.2, 0.25) is 0 Å². The molecule has 0 unspecified atom stereocenters. The summed E-state index contributed by atoms with van der Waals surface area (Å²) in [5, 5.41) is 12.1. The number of carbonyl (C=O) groups is 1. The zero-order valence-corrected chi connectivity index (χ0v) is 12.2. The molecular weight excluding hydrogens is 254 g/mol. The van der Waals surface area contributed by atoms with Crippen molar-refractivity contribution < 1.29 is 9.90 Å². The molecule has 0 aliphatic carbocycles. The molecule has 5 nitrogen and oxygen atoms in total. The van der Waals surface area contributed by atoms with E-state index >= 15 is 0 Å². The van der Waals surface area contributed by atoms with E-state index < -0.39 is 0 Å². The SMILES string of the molecule is CN(C)c1ccc(CNC(=O)N2CCC[C@@H]2CO)cc1. The van der Waals surface area contributed by atoms with Gasteiger partial charge >= 0.3 is 6.03 Å². The monoisotopic (exact) mass is 277 g/mol. The molecule has 0 bridgehead atoms. The molecule has 1 saturated heterocycles. The first kappa shape index (κ1) is 14.7. The number of likely N-dealkylation sites (tertiary alicyclic amines) is 1. The zero-order valence-electron chi connectivity index (χ0n) is 12.2. The lowest BCUT2D eigenvalue weighted by molar-refractivity contribution is 0.157. The smallest absolute Gasteiger partial charge is 0.317 e. The Balaban J connectivity index is 1.87. The van der Waals surface area contributed by atoms with E-state index in [4.69, 9.17) is 0 Å². The number of rotatable bonds is 4. The first-order valence-electron chi connectivity index (χ1n) is 7.03. The van der Waals surface area contributed by atoms with Gasteiger partial charge in [-0.15, -0.1) is 0 Å². The van der Waals surface area contributed by atoms with Gasteiger partial charge in [0.25, 0.3) is 0 Å². The predicted molar refractivity (Wildman–Crippen MR) is 79.8 cm³/mol. The predicted octanol–water partition coefficient (Wildman–Crippen LogP) is 1.42. The highest BCUT2D eigenvalue weighted by Gasteiger charge is 2.27. The lowest BCUT2D eigenvalue weighted by atomic mass is 10.2. The normalized spacial score (nSPS) is 18.1. The van der Waals surface area contributed by atoms with Crippen LogP contribution in [0.3, 0.4) is 0 Å². The largest absolute Gasteiger partial charge is 0.394 e. The van der Waals surface area contributed by atoms with Crippen molar-refractivity contribution in [1.82, 2.24) is 10.2 Å². The van der Waals surface area contributed by atoms with E-state index in [9.17, 15) is 9.90 Å². The van der Waals surface area contributed by atoms with Gasteiger partial charge < -0.3 is 20.2 Å². The van der Waals surface area contributed by atoms with Crippen molar-refractivity contribution in [3.05, 3.63) is 29.8 Å². The fraction of sp³-hybridized carbons (Fsp3) is 0.533. The number of aliphatic hydroxyl groups excluding tert-OH is 1. The van der Waals surface area contributed by atoms with E-state index in [2.05, 4.69) is 5.32 Å². The maximum Gasteiger partial charge on any atom is 0.317 e. The van der Waals surface area contributed by atoms with Crippen LogP contribution in [0.1, 0.15) is 18.4 Å². The molecule has 1 aromatic carbocycles. The second kappa shape index (κ2) is 6.61. The van der Waals surface area contributed by atoms with Gasteiger partial charge in [0.05, 0.1) is 12.6 Å². The van der Waals surface area contributed by atoms with Crippen molar-refractivity contribution in [3.63, 3.8) is 0 Å². The molecule has 1 fully saturated rings. The molecule has 2 rings (SSSR count). The van der Waals surface area contributed by atoms with Crippen molar-refractivity contribution in [2.24, 2.45) is 0 Å². The van der Waals surface area contributed by atoms with E-state index in [0.717, 1.165) is 30.6 Å². The minimum Gasteiger partial charge on any atom is -0.394 e. The average Bonchev–Trinajstić information content (AvgIpc) is 2.93. The number of nitrogens with one attached hydrogen (secondary N) is 1. The molecule has 2 amide bonds. The summed E-state index contributed by atoms with van der Waals surface area (Å²) in [6.45, 7) is 1.29. The van der Waals surface area contributed by atoms with Gasteiger partial charge in [-0.3, -0.25) is 0 Å². The molecule has 1 aromatic rings. The van der Waals surface area contributed by atoms with E-state index in [-0.39, 0.29) is 18.7 Å². The molecule has 1 atom stereocenters. The van der Waals surface area contributed by atoms with Crippen molar-refractivity contribution in [1.29, 1.82) is 0 Å². The van der Waals surface area contributed by atoms with Crippen molar-refractivity contribution >= 4 is 11.7 Å². The number of hydrogen-bond acceptors (Lipinski definition) is 3. The van der Waals surface area contributed by atoms with Gasteiger partial charge in [0.15, 0.2) is 0 Å². The highest BCUT2D eigenvalue weighted by atomic mass is 16.3. The molecule has 0 radical (unpaired) electrons. The Hall–Kier alpha value is -1.75. The molecule has 0 spiro atoms. The summed E-state index contributed by atoms with van der Waals surface area (Å²) in [5.74, 6) is 0. The standard InChI is InChI=1S/C15H23N3O2/c1-17(2)13-7-5-12(6-8-13)10-16-15(20)18-9-3-4-14(18)11-19/h5-8,14,19H,3-4,9-11H2,1-2H3,(H,16,20)/t14-/m1/s1. The highest BCUT2D eigenvalue weighted by Crippen LogP contribution is 2.17. The fourth-order valence-electron chi connectivity index (χ4n) is 2.48. The summed E-state index contributed by atoms with van der Waals surface area (Å²) >= 11 is 0. The summed E-state index contributed by atoms with van der Waals surface area (Å²) in [5.41, 5.74) is 2.21.